The molecule has 0 fully saturated rings. The average Bonchev–Trinajstić information content (AvgIpc) is 2.38. The largest absolute Gasteiger partial charge is 0.372 e. The summed E-state index contributed by atoms with van der Waals surface area (Å²) in [5.74, 6) is 0.348. The maximum absolute atomic E-state index is 11.7. The van der Waals surface area contributed by atoms with Crippen molar-refractivity contribution in [2.24, 2.45) is 0 Å². The molecule has 0 radical (unpaired) electrons. The molecule has 100 valence electrons. The summed E-state index contributed by atoms with van der Waals surface area (Å²) in [6.07, 6.45) is 2.34. The molecule has 2 N–H and O–H groups in total. The molecule has 0 bridgehead atoms. The van der Waals surface area contributed by atoms with Crippen molar-refractivity contribution in [3.63, 3.8) is 0 Å². The maximum Gasteiger partial charge on any atom is 0.271 e. The Bertz CT molecular complexity index is 422. The third-order valence-electron chi connectivity index (χ3n) is 2.56. The molecule has 1 aromatic rings. The van der Waals surface area contributed by atoms with Crippen molar-refractivity contribution in [1.82, 2.24) is 15.5 Å². The fourth-order valence-electron chi connectivity index (χ4n) is 1.23. The zero-order valence-corrected chi connectivity index (χ0v) is 11.6. The Morgan fingerprint density at radius 3 is 2.67 bits per heavy atom. The molecule has 0 aliphatic heterocycles. The van der Waals surface area contributed by atoms with Gasteiger partial charge in [0.15, 0.2) is 5.69 Å². The highest BCUT2D eigenvalue weighted by molar-refractivity contribution is 7.84. The van der Waals surface area contributed by atoms with Gasteiger partial charge in [0.25, 0.3) is 5.91 Å². The van der Waals surface area contributed by atoms with Gasteiger partial charge in [0.1, 0.15) is 5.82 Å². The van der Waals surface area contributed by atoms with Crippen LogP contribution in [0.4, 0.5) is 5.82 Å². The zero-order valence-electron chi connectivity index (χ0n) is 10.8. The molecule has 1 aromatic heterocycles. The summed E-state index contributed by atoms with van der Waals surface area (Å²) in [6.45, 7) is 2.37. The lowest BCUT2D eigenvalue weighted by Crippen LogP contribution is -2.28. The molecule has 0 aromatic carbocycles. The summed E-state index contributed by atoms with van der Waals surface area (Å²) in [5, 5.41) is 13.2. The summed E-state index contributed by atoms with van der Waals surface area (Å²) in [7, 11) is 0.871. The van der Waals surface area contributed by atoms with Crippen molar-refractivity contribution in [1.29, 1.82) is 0 Å². The monoisotopic (exact) mass is 270 g/mol. The maximum atomic E-state index is 11.7. The molecule has 0 aliphatic rings. The molecule has 0 saturated heterocycles. The quantitative estimate of drug-likeness (QED) is 0.782. The molecule has 6 nitrogen and oxygen atoms in total. The topological polar surface area (TPSA) is 84.0 Å². The van der Waals surface area contributed by atoms with Crippen molar-refractivity contribution >= 4 is 22.5 Å². The number of aromatic nitrogens is 2. The summed E-state index contributed by atoms with van der Waals surface area (Å²) in [6, 6.07) is 3.29. The number of hydrogen-bond acceptors (Lipinski definition) is 5. The van der Waals surface area contributed by atoms with E-state index in [1.54, 1.807) is 25.4 Å². The van der Waals surface area contributed by atoms with Gasteiger partial charge in [0.05, 0.1) is 0 Å². The van der Waals surface area contributed by atoms with Crippen LogP contribution in [0.25, 0.3) is 0 Å². The number of nitrogens with zero attached hydrogens (tertiary/aromatic N) is 2. The van der Waals surface area contributed by atoms with Gasteiger partial charge in [-0.3, -0.25) is 9.00 Å². The minimum absolute atomic E-state index is 0.0723. The summed E-state index contributed by atoms with van der Waals surface area (Å²) < 4.78 is 11.1. The lowest BCUT2D eigenvalue weighted by Gasteiger charge is -2.08. The molecule has 0 aliphatic carbocycles. The number of carbonyl (C=O) groups is 1. The van der Waals surface area contributed by atoms with Gasteiger partial charge >= 0.3 is 0 Å². The van der Waals surface area contributed by atoms with Gasteiger partial charge in [-0.1, -0.05) is 6.92 Å². The Hall–Kier alpha value is -1.50. The first-order valence-electron chi connectivity index (χ1n) is 5.66. The van der Waals surface area contributed by atoms with Crippen molar-refractivity contribution in [2.45, 2.75) is 18.6 Å². The third kappa shape index (κ3) is 4.40. The van der Waals surface area contributed by atoms with Crippen molar-refractivity contribution in [3.05, 3.63) is 17.8 Å². The molecule has 0 spiro atoms. The smallest absolute Gasteiger partial charge is 0.271 e. The van der Waals surface area contributed by atoms with Crippen LogP contribution in [-0.2, 0) is 10.8 Å². The van der Waals surface area contributed by atoms with Crippen LogP contribution in [0, 0.1) is 0 Å². The van der Waals surface area contributed by atoms with E-state index in [0.29, 0.717) is 18.8 Å². The molecular weight excluding hydrogens is 252 g/mol. The molecule has 2 unspecified atom stereocenters. The molecule has 1 heterocycles. The van der Waals surface area contributed by atoms with Gasteiger partial charge in [-0.05, 0) is 18.6 Å². The number of nitrogens with one attached hydrogen (secondary N) is 2. The van der Waals surface area contributed by atoms with Gasteiger partial charge in [-0.2, -0.15) is 0 Å². The SMILES string of the molecule is CNc1ccc(C(=O)NCCC(C)S(C)=O)nn1. The molecule has 1 rings (SSSR count). The first-order valence-corrected chi connectivity index (χ1v) is 7.28. The van der Waals surface area contributed by atoms with Crippen LogP contribution >= 0.6 is 0 Å². The Kier molecular flexibility index (Phi) is 5.70. The number of rotatable bonds is 6. The van der Waals surface area contributed by atoms with E-state index in [-0.39, 0.29) is 16.9 Å². The van der Waals surface area contributed by atoms with E-state index < -0.39 is 10.8 Å². The average molecular weight is 270 g/mol. The van der Waals surface area contributed by atoms with Crippen LogP contribution in [0.1, 0.15) is 23.8 Å². The second kappa shape index (κ2) is 7.05. The lowest BCUT2D eigenvalue weighted by atomic mass is 10.3. The van der Waals surface area contributed by atoms with Gasteiger partial charge in [0.2, 0.25) is 0 Å². The van der Waals surface area contributed by atoms with Crippen LogP contribution < -0.4 is 10.6 Å². The van der Waals surface area contributed by atoms with E-state index in [4.69, 9.17) is 0 Å². The van der Waals surface area contributed by atoms with Gasteiger partial charge < -0.3 is 10.6 Å². The van der Waals surface area contributed by atoms with Crippen LogP contribution in [0.15, 0.2) is 12.1 Å². The minimum atomic E-state index is -0.861. The van der Waals surface area contributed by atoms with E-state index in [0.717, 1.165) is 0 Å². The van der Waals surface area contributed by atoms with E-state index >= 15 is 0 Å². The van der Waals surface area contributed by atoms with Crippen molar-refractivity contribution < 1.29 is 9.00 Å². The van der Waals surface area contributed by atoms with Crippen molar-refractivity contribution in [2.75, 3.05) is 25.2 Å². The molecular formula is C11H18N4O2S. The second-order valence-electron chi connectivity index (χ2n) is 3.91. The number of amides is 1. The Balaban J connectivity index is 2.42. The van der Waals surface area contributed by atoms with Gasteiger partial charge in [-0.15, -0.1) is 10.2 Å². The van der Waals surface area contributed by atoms with Crippen molar-refractivity contribution in [3.8, 4) is 0 Å². The van der Waals surface area contributed by atoms with Crippen LogP contribution in [-0.4, -0.2) is 45.4 Å². The standard InChI is InChI=1S/C11H18N4O2S/c1-8(18(3)17)6-7-13-11(16)9-4-5-10(12-2)15-14-9/h4-5,8H,6-7H2,1-3H3,(H,12,15)(H,13,16). The number of anilines is 1. The third-order valence-corrected chi connectivity index (χ3v) is 3.93. The van der Waals surface area contributed by atoms with Gasteiger partial charge in [0, 0.05) is 35.9 Å². The lowest BCUT2D eigenvalue weighted by molar-refractivity contribution is 0.0947. The van der Waals surface area contributed by atoms with Gasteiger partial charge in [-0.25, -0.2) is 0 Å². The molecule has 1 amide bonds. The Labute approximate surface area is 109 Å². The normalized spacial score (nSPS) is 13.7. The summed E-state index contributed by atoms with van der Waals surface area (Å²) >= 11 is 0. The first-order chi connectivity index (χ1) is 8.54. The fraction of sp³-hybridized carbons (Fsp3) is 0.545. The molecule has 2 atom stereocenters. The highest BCUT2D eigenvalue weighted by Gasteiger charge is 2.10. The van der Waals surface area contributed by atoms with Crippen LogP contribution in [0.2, 0.25) is 0 Å². The summed E-state index contributed by atoms with van der Waals surface area (Å²) in [5.41, 5.74) is 0.277. The first kappa shape index (κ1) is 14.6. The zero-order chi connectivity index (χ0) is 13.5. The highest BCUT2D eigenvalue weighted by Crippen LogP contribution is 2.01. The Morgan fingerprint density at radius 1 is 1.44 bits per heavy atom. The van der Waals surface area contributed by atoms with E-state index in [1.165, 1.54) is 0 Å². The predicted molar refractivity (Wildman–Crippen MR) is 72.1 cm³/mol. The fourth-order valence-corrected chi connectivity index (χ4v) is 1.68. The van der Waals surface area contributed by atoms with E-state index in [1.807, 2.05) is 6.92 Å². The van der Waals surface area contributed by atoms with E-state index in [2.05, 4.69) is 20.8 Å². The minimum Gasteiger partial charge on any atom is -0.372 e. The Morgan fingerprint density at radius 2 is 2.17 bits per heavy atom. The highest BCUT2D eigenvalue weighted by atomic mass is 32.2. The summed E-state index contributed by atoms with van der Waals surface area (Å²) in [4.78, 5) is 11.7. The number of carbonyl (C=O) groups excluding carboxylic acids is 1. The number of hydrogen-bond donors (Lipinski definition) is 2. The molecule has 0 saturated carbocycles. The predicted octanol–water partition coefficient (Wildman–Crippen LogP) is 0.405. The molecule has 18 heavy (non-hydrogen) atoms. The second-order valence-corrected chi connectivity index (χ2v) is 5.71. The van der Waals surface area contributed by atoms with Crippen LogP contribution in [0.5, 0.6) is 0 Å². The van der Waals surface area contributed by atoms with Crippen LogP contribution in [0.3, 0.4) is 0 Å². The van der Waals surface area contributed by atoms with E-state index in [9.17, 15) is 9.00 Å². The molecule has 7 heteroatoms.